The van der Waals surface area contributed by atoms with Gasteiger partial charge in [0, 0.05) is 41.5 Å². The van der Waals surface area contributed by atoms with Crippen molar-refractivity contribution in [2.45, 2.75) is 51.6 Å². The molecule has 0 aliphatic rings. The topological polar surface area (TPSA) is 67.9 Å². The van der Waals surface area contributed by atoms with Gasteiger partial charge in [-0.1, -0.05) is 79.0 Å². The van der Waals surface area contributed by atoms with Crippen LogP contribution in [0.15, 0.2) is 66.7 Å². The molecule has 1 atom stereocenters. The fourth-order valence-electron chi connectivity index (χ4n) is 4.34. The van der Waals surface area contributed by atoms with E-state index in [1.807, 2.05) is 48.5 Å². The lowest BCUT2D eigenvalue weighted by Gasteiger charge is -2.32. The molecule has 0 aromatic heterocycles. The van der Waals surface area contributed by atoms with Crippen molar-refractivity contribution in [3.8, 4) is 11.5 Å². The molecule has 6 nitrogen and oxygen atoms in total. The van der Waals surface area contributed by atoms with Crippen LogP contribution >= 0.6 is 23.2 Å². The fourth-order valence-corrected chi connectivity index (χ4v) is 4.86. The van der Waals surface area contributed by atoms with Crippen molar-refractivity contribution in [3.63, 3.8) is 0 Å². The van der Waals surface area contributed by atoms with E-state index in [0.29, 0.717) is 46.5 Å². The van der Waals surface area contributed by atoms with Crippen molar-refractivity contribution in [2.24, 2.45) is 0 Å². The summed E-state index contributed by atoms with van der Waals surface area (Å²) < 4.78 is 10.7. The van der Waals surface area contributed by atoms with Crippen molar-refractivity contribution in [2.75, 3.05) is 20.8 Å². The average molecular weight is 572 g/mol. The Morgan fingerprint density at radius 2 is 1.59 bits per heavy atom. The summed E-state index contributed by atoms with van der Waals surface area (Å²) in [5.74, 6) is 0.843. The van der Waals surface area contributed by atoms with Gasteiger partial charge in [0.1, 0.15) is 6.04 Å². The summed E-state index contributed by atoms with van der Waals surface area (Å²) in [7, 11) is 3.16. The first kappa shape index (κ1) is 30.3. The Morgan fingerprint density at radius 1 is 0.897 bits per heavy atom. The monoisotopic (exact) mass is 570 g/mol. The minimum Gasteiger partial charge on any atom is -0.493 e. The van der Waals surface area contributed by atoms with Crippen molar-refractivity contribution in [1.82, 2.24) is 10.2 Å². The van der Waals surface area contributed by atoms with Crippen LogP contribution < -0.4 is 14.8 Å². The van der Waals surface area contributed by atoms with Crippen molar-refractivity contribution in [1.29, 1.82) is 0 Å². The van der Waals surface area contributed by atoms with Gasteiger partial charge in [0.05, 0.1) is 14.2 Å². The number of carbonyl (C=O) groups is 2. The SMILES string of the molecule is CCCCNC(=O)[C@H](Cc1ccccc1)N(Cc1c(Cl)cccc1Cl)C(=O)CCc1ccc(OC)c(OC)c1. The summed E-state index contributed by atoms with van der Waals surface area (Å²) in [5, 5.41) is 3.92. The maximum Gasteiger partial charge on any atom is 0.243 e. The summed E-state index contributed by atoms with van der Waals surface area (Å²) in [6, 6.07) is 19.8. The van der Waals surface area contributed by atoms with Crippen molar-refractivity contribution < 1.29 is 19.1 Å². The molecule has 0 fully saturated rings. The van der Waals surface area contributed by atoms with Gasteiger partial charge in [-0.15, -0.1) is 0 Å². The molecular formula is C31H36Cl2N2O4. The van der Waals surface area contributed by atoms with Gasteiger partial charge in [0.15, 0.2) is 11.5 Å². The van der Waals surface area contributed by atoms with Crippen LogP contribution in [0.3, 0.4) is 0 Å². The minimum atomic E-state index is -0.741. The molecule has 0 saturated heterocycles. The number of ether oxygens (including phenoxy) is 2. The van der Waals surface area contributed by atoms with E-state index >= 15 is 0 Å². The Kier molecular flexibility index (Phi) is 12.0. The first-order chi connectivity index (χ1) is 18.9. The molecule has 1 N–H and O–H groups in total. The highest BCUT2D eigenvalue weighted by Gasteiger charge is 2.31. The number of hydrogen-bond donors (Lipinski definition) is 1. The van der Waals surface area contributed by atoms with E-state index in [1.54, 1.807) is 37.3 Å². The van der Waals surface area contributed by atoms with E-state index in [0.717, 1.165) is 24.0 Å². The van der Waals surface area contributed by atoms with E-state index in [4.69, 9.17) is 32.7 Å². The molecule has 3 rings (SSSR count). The number of rotatable bonds is 14. The number of amides is 2. The largest absolute Gasteiger partial charge is 0.493 e. The van der Waals surface area contributed by atoms with Crippen molar-refractivity contribution in [3.05, 3.63) is 93.5 Å². The van der Waals surface area contributed by atoms with Crippen LogP contribution in [0.5, 0.6) is 11.5 Å². The van der Waals surface area contributed by atoms with E-state index in [-0.39, 0.29) is 24.8 Å². The first-order valence-electron chi connectivity index (χ1n) is 13.1. The highest BCUT2D eigenvalue weighted by atomic mass is 35.5. The third kappa shape index (κ3) is 8.64. The lowest BCUT2D eigenvalue weighted by Crippen LogP contribution is -2.50. The molecule has 0 saturated carbocycles. The number of hydrogen-bond acceptors (Lipinski definition) is 4. The minimum absolute atomic E-state index is 0.113. The molecule has 39 heavy (non-hydrogen) atoms. The third-order valence-corrected chi connectivity index (χ3v) is 7.27. The zero-order chi connectivity index (χ0) is 28.2. The van der Waals surface area contributed by atoms with Gasteiger partial charge in [-0.05, 0) is 48.2 Å². The average Bonchev–Trinajstić information content (AvgIpc) is 2.95. The van der Waals surface area contributed by atoms with E-state index in [2.05, 4.69) is 12.2 Å². The van der Waals surface area contributed by atoms with Gasteiger partial charge in [-0.25, -0.2) is 0 Å². The second-order valence-electron chi connectivity index (χ2n) is 9.26. The molecule has 0 heterocycles. The Morgan fingerprint density at radius 3 is 2.23 bits per heavy atom. The molecule has 0 aliphatic carbocycles. The number of nitrogens with one attached hydrogen (secondary N) is 1. The Bertz CT molecular complexity index is 1220. The van der Waals surface area contributed by atoms with Gasteiger partial charge in [-0.3, -0.25) is 9.59 Å². The zero-order valence-electron chi connectivity index (χ0n) is 22.7. The predicted molar refractivity (Wildman–Crippen MR) is 157 cm³/mol. The van der Waals surface area contributed by atoms with E-state index in [1.165, 1.54) is 0 Å². The molecule has 3 aromatic carbocycles. The van der Waals surface area contributed by atoms with Crippen LogP contribution in [-0.2, 0) is 29.0 Å². The molecule has 0 unspecified atom stereocenters. The normalized spacial score (nSPS) is 11.5. The molecule has 2 amide bonds. The summed E-state index contributed by atoms with van der Waals surface area (Å²) in [6.45, 7) is 2.72. The van der Waals surface area contributed by atoms with Gasteiger partial charge in [-0.2, -0.15) is 0 Å². The molecule has 8 heteroatoms. The van der Waals surface area contributed by atoms with Crippen LogP contribution in [0.4, 0.5) is 0 Å². The molecule has 0 radical (unpaired) electrons. The summed E-state index contributed by atoms with van der Waals surface area (Å²) in [4.78, 5) is 29.1. The maximum atomic E-state index is 13.9. The van der Waals surface area contributed by atoms with Gasteiger partial charge >= 0.3 is 0 Å². The van der Waals surface area contributed by atoms with Gasteiger partial charge < -0.3 is 19.7 Å². The lowest BCUT2D eigenvalue weighted by atomic mass is 10.0. The van der Waals surface area contributed by atoms with Gasteiger partial charge in [0.2, 0.25) is 11.8 Å². The number of unbranched alkanes of at least 4 members (excludes halogenated alkanes) is 1. The Balaban J connectivity index is 1.93. The summed E-state index contributed by atoms with van der Waals surface area (Å²) >= 11 is 13.0. The van der Waals surface area contributed by atoms with Crippen LogP contribution in [0.1, 0.15) is 42.9 Å². The van der Waals surface area contributed by atoms with Crippen LogP contribution in [0, 0.1) is 0 Å². The number of methoxy groups -OCH3 is 2. The highest BCUT2D eigenvalue weighted by Crippen LogP contribution is 2.29. The molecule has 0 bridgehead atoms. The van der Waals surface area contributed by atoms with E-state index in [9.17, 15) is 9.59 Å². The number of benzene rings is 3. The molecule has 208 valence electrons. The number of halogens is 2. The molecule has 0 spiro atoms. The molecule has 3 aromatic rings. The van der Waals surface area contributed by atoms with E-state index < -0.39 is 6.04 Å². The zero-order valence-corrected chi connectivity index (χ0v) is 24.2. The second-order valence-corrected chi connectivity index (χ2v) is 10.1. The summed E-state index contributed by atoms with van der Waals surface area (Å²) in [6.07, 6.45) is 2.82. The predicted octanol–water partition coefficient (Wildman–Crippen LogP) is 6.50. The summed E-state index contributed by atoms with van der Waals surface area (Å²) in [5.41, 5.74) is 2.49. The second kappa shape index (κ2) is 15.4. The number of aryl methyl sites for hydroxylation is 1. The van der Waals surface area contributed by atoms with Crippen LogP contribution in [0.25, 0.3) is 0 Å². The fraction of sp³-hybridized carbons (Fsp3) is 0.355. The number of carbonyl (C=O) groups excluding carboxylic acids is 2. The first-order valence-corrected chi connectivity index (χ1v) is 13.9. The van der Waals surface area contributed by atoms with Crippen LogP contribution in [0.2, 0.25) is 10.0 Å². The molecular weight excluding hydrogens is 535 g/mol. The smallest absolute Gasteiger partial charge is 0.243 e. The quantitative estimate of drug-likeness (QED) is 0.225. The highest BCUT2D eigenvalue weighted by molar-refractivity contribution is 6.36. The Hall–Kier alpha value is -3.22. The number of nitrogens with zero attached hydrogens (tertiary/aromatic N) is 1. The molecule has 0 aliphatic heterocycles. The maximum absolute atomic E-state index is 13.9. The Labute approximate surface area is 241 Å². The van der Waals surface area contributed by atoms with Gasteiger partial charge in [0.25, 0.3) is 0 Å². The lowest BCUT2D eigenvalue weighted by molar-refractivity contribution is -0.141. The third-order valence-electron chi connectivity index (χ3n) is 6.57. The van der Waals surface area contributed by atoms with Crippen molar-refractivity contribution >= 4 is 35.0 Å². The van der Waals surface area contributed by atoms with Crippen LogP contribution in [-0.4, -0.2) is 43.5 Å². The standard InChI is InChI=1S/C31H36Cl2N2O4/c1-4-5-18-34-31(37)27(19-22-10-7-6-8-11-22)35(21-24-25(32)12-9-13-26(24)33)30(36)17-15-23-14-16-28(38-2)29(20-23)39-3/h6-14,16,20,27H,4-5,15,17-19,21H2,1-3H3,(H,34,37)/t27-/m0/s1.